The van der Waals surface area contributed by atoms with E-state index in [0.29, 0.717) is 11.5 Å². The standard InChI is InChI=1S/C19H24N4O/c1-12(16-10-14-6-7-15(16)9-14)22-19(24)17-11-21-23(13(17)2)18-5-3-4-8-20-18/h3-5,8,11-12,14-16H,6-7,9-10H2,1-2H3,(H,22,24). The molecule has 2 aromatic rings. The number of aromatic nitrogens is 3. The molecule has 5 heteroatoms. The van der Waals surface area contributed by atoms with Gasteiger partial charge in [-0.15, -0.1) is 0 Å². The van der Waals surface area contributed by atoms with Crippen LogP contribution in [0.3, 0.4) is 0 Å². The highest BCUT2D eigenvalue weighted by Gasteiger charge is 2.42. The zero-order chi connectivity index (χ0) is 16.7. The van der Waals surface area contributed by atoms with E-state index in [4.69, 9.17) is 0 Å². The second-order valence-electron chi connectivity index (χ2n) is 7.34. The Bertz CT molecular complexity index is 739. The third-order valence-electron chi connectivity index (χ3n) is 5.91. The van der Waals surface area contributed by atoms with Crippen LogP contribution in [0.2, 0.25) is 0 Å². The maximum atomic E-state index is 12.7. The molecule has 2 saturated carbocycles. The Morgan fingerprint density at radius 1 is 1.33 bits per heavy atom. The van der Waals surface area contributed by atoms with Gasteiger partial charge in [-0.3, -0.25) is 4.79 Å². The molecule has 2 heterocycles. The minimum absolute atomic E-state index is 0.0232. The first kappa shape index (κ1) is 15.4. The van der Waals surface area contributed by atoms with Crippen molar-refractivity contribution in [3.63, 3.8) is 0 Å². The Morgan fingerprint density at radius 2 is 2.21 bits per heavy atom. The van der Waals surface area contributed by atoms with Crippen molar-refractivity contribution in [3.8, 4) is 5.82 Å². The van der Waals surface area contributed by atoms with Gasteiger partial charge in [-0.25, -0.2) is 9.67 Å². The molecule has 4 rings (SSSR count). The SMILES string of the molecule is Cc1c(C(=O)NC(C)C2CC3CCC2C3)cnn1-c1ccccn1. The van der Waals surface area contributed by atoms with E-state index in [1.165, 1.54) is 25.7 Å². The Balaban J connectivity index is 1.48. The zero-order valence-electron chi connectivity index (χ0n) is 14.3. The summed E-state index contributed by atoms with van der Waals surface area (Å²) in [6, 6.07) is 5.90. The first-order chi connectivity index (χ1) is 11.6. The lowest BCUT2D eigenvalue weighted by Gasteiger charge is -2.28. The predicted octanol–water partition coefficient (Wildman–Crippen LogP) is 3.13. The van der Waals surface area contributed by atoms with Crippen molar-refractivity contribution in [2.45, 2.75) is 45.6 Å². The van der Waals surface area contributed by atoms with Crippen LogP contribution in [0.5, 0.6) is 0 Å². The van der Waals surface area contributed by atoms with Crippen LogP contribution in [0.1, 0.15) is 48.7 Å². The second kappa shape index (κ2) is 6.04. The monoisotopic (exact) mass is 324 g/mol. The smallest absolute Gasteiger partial charge is 0.254 e. The van der Waals surface area contributed by atoms with E-state index in [9.17, 15) is 4.79 Å². The predicted molar refractivity (Wildman–Crippen MR) is 92.0 cm³/mol. The summed E-state index contributed by atoms with van der Waals surface area (Å²) in [5, 5.41) is 7.56. The topological polar surface area (TPSA) is 59.8 Å². The molecule has 2 aromatic heterocycles. The van der Waals surface area contributed by atoms with Gasteiger partial charge in [0, 0.05) is 12.2 Å². The summed E-state index contributed by atoms with van der Waals surface area (Å²) in [4.78, 5) is 17.0. The molecular formula is C19H24N4O. The van der Waals surface area contributed by atoms with Gasteiger partial charge in [0.2, 0.25) is 0 Å². The number of hydrogen-bond donors (Lipinski definition) is 1. The van der Waals surface area contributed by atoms with Crippen LogP contribution in [-0.4, -0.2) is 26.7 Å². The summed E-state index contributed by atoms with van der Waals surface area (Å²) in [5.74, 6) is 3.05. The van der Waals surface area contributed by atoms with Crippen LogP contribution in [0.25, 0.3) is 5.82 Å². The fourth-order valence-electron chi connectivity index (χ4n) is 4.64. The number of fused-ring (bicyclic) bond motifs is 2. The Morgan fingerprint density at radius 3 is 2.88 bits per heavy atom. The van der Waals surface area contributed by atoms with E-state index in [1.54, 1.807) is 17.1 Å². The largest absolute Gasteiger partial charge is 0.349 e. The Labute approximate surface area is 142 Å². The number of pyridine rings is 1. The van der Waals surface area contributed by atoms with Gasteiger partial charge in [0.25, 0.3) is 5.91 Å². The lowest BCUT2D eigenvalue weighted by atomic mass is 9.84. The van der Waals surface area contributed by atoms with Crippen molar-refractivity contribution in [1.29, 1.82) is 0 Å². The van der Waals surface area contributed by atoms with Crippen LogP contribution < -0.4 is 5.32 Å². The van der Waals surface area contributed by atoms with Crippen molar-refractivity contribution in [1.82, 2.24) is 20.1 Å². The molecule has 0 radical (unpaired) electrons. The minimum Gasteiger partial charge on any atom is -0.349 e. The highest BCUT2D eigenvalue weighted by atomic mass is 16.1. The van der Waals surface area contributed by atoms with Gasteiger partial charge in [-0.1, -0.05) is 12.5 Å². The van der Waals surface area contributed by atoms with Crippen LogP contribution in [0.4, 0.5) is 0 Å². The molecule has 126 valence electrons. The van der Waals surface area contributed by atoms with Gasteiger partial charge in [0.05, 0.1) is 17.5 Å². The molecule has 5 nitrogen and oxygen atoms in total. The van der Waals surface area contributed by atoms with Gasteiger partial charge in [-0.2, -0.15) is 5.10 Å². The molecule has 24 heavy (non-hydrogen) atoms. The molecule has 4 unspecified atom stereocenters. The molecule has 0 spiro atoms. The number of carbonyl (C=O) groups excluding carboxylic acids is 1. The normalized spacial score (nSPS) is 26.5. The van der Waals surface area contributed by atoms with E-state index in [1.807, 2.05) is 25.1 Å². The fraction of sp³-hybridized carbons (Fsp3) is 0.526. The van der Waals surface area contributed by atoms with E-state index in [2.05, 4.69) is 22.3 Å². The second-order valence-corrected chi connectivity index (χ2v) is 7.34. The summed E-state index contributed by atoms with van der Waals surface area (Å²) in [6.45, 7) is 4.07. The zero-order valence-corrected chi connectivity index (χ0v) is 14.3. The van der Waals surface area contributed by atoms with Crippen LogP contribution in [-0.2, 0) is 0 Å². The number of amides is 1. The third-order valence-corrected chi connectivity index (χ3v) is 5.91. The third kappa shape index (κ3) is 2.62. The van der Waals surface area contributed by atoms with Crippen molar-refractivity contribution >= 4 is 5.91 Å². The van der Waals surface area contributed by atoms with E-state index >= 15 is 0 Å². The van der Waals surface area contributed by atoms with E-state index in [0.717, 1.165) is 23.3 Å². The first-order valence-electron chi connectivity index (χ1n) is 8.90. The van der Waals surface area contributed by atoms with Crippen molar-refractivity contribution in [2.75, 3.05) is 0 Å². The number of nitrogens with one attached hydrogen (secondary N) is 1. The molecule has 1 N–H and O–H groups in total. The lowest BCUT2D eigenvalue weighted by molar-refractivity contribution is 0.0914. The number of carbonyl (C=O) groups is 1. The summed E-state index contributed by atoms with van der Waals surface area (Å²) in [7, 11) is 0. The maximum absolute atomic E-state index is 12.7. The van der Waals surface area contributed by atoms with Gasteiger partial charge in [-0.05, 0) is 63.0 Å². The van der Waals surface area contributed by atoms with Gasteiger partial charge >= 0.3 is 0 Å². The average molecular weight is 324 g/mol. The summed E-state index contributed by atoms with van der Waals surface area (Å²) in [6.07, 6.45) is 8.74. The summed E-state index contributed by atoms with van der Waals surface area (Å²) in [5.41, 5.74) is 1.46. The summed E-state index contributed by atoms with van der Waals surface area (Å²) >= 11 is 0. The van der Waals surface area contributed by atoms with E-state index in [-0.39, 0.29) is 11.9 Å². The van der Waals surface area contributed by atoms with Crippen LogP contribution >= 0.6 is 0 Å². The average Bonchev–Trinajstić information content (AvgIpc) is 3.30. The molecule has 0 aromatic carbocycles. The molecule has 4 atom stereocenters. The van der Waals surface area contributed by atoms with Gasteiger partial charge in [0.15, 0.2) is 5.82 Å². The maximum Gasteiger partial charge on any atom is 0.254 e. The van der Waals surface area contributed by atoms with Crippen molar-refractivity contribution < 1.29 is 4.79 Å². The molecule has 0 saturated heterocycles. The fourth-order valence-corrected chi connectivity index (χ4v) is 4.64. The van der Waals surface area contributed by atoms with Crippen LogP contribution in [0.15, 0.2) is 30.6 Å². The lowest BCUT2D eigenvalue weighted by Crippen LogP contribution is -2.40. The first-order valence-corrected chi connectivity index (χ1v) is 8.90. The highest BCUT2D eigenvalue weighted by molar-refractivity contribution is 5.95. The van der Waals surface area contributed by atoms with Crippen molar-refractivity contribution in [2.24, 2.45) is 17.8 Å². The van der Waals surface area contributed by atoms with Gasteiger partial charge in [0.1, 0.15) is 0 Å². The highest BCUT2D eigenvalue weighted by Crippen LogP contribution is 2.49. The Hall–Kier alpha value is -2.17. The molecule has 2 aliphatic rings. The van der Waals surface area contributed by atoms with Gasteiger partial charge < -0.3 is 5.32 Å². The minimum atomic E-state index is -0.0232. The number of rotatable bonds is 4. The number of nitrogens with zero attached hydrogens (tertiary/aromatic N) is 3. The Kier molecular flexibility index (Phi) is 3.87. The molecular weight excluding hydrogens is 300 g/mol. The molecule has 0 aliphatic heterocycles. The van der Waals surface area contributed by atoms with E-state index < -0.39 is 0 Å². The number of hydrogen-bond acceptors (Lipinski definition) is 3. The molecule has 2 aliphatic carbocycles. The molecule has 1 amide bonds. The summed E-state index contributed by atoms with van der Waals surface area (Å²) < 4.78 is 1.72. The molecule has 2 fully saturated rings. The molecule has 2 bridgehead atoms. The quantitative estimate of drug-likeness (QED) is 0.940. The van der Waals surface area contributed by atoms with Crippen molar-refractivity contribution in [3.05, 3.63) is 41.9 Å². The van der Waals surface area contributed by atoms with Crippen LogP contribution in [0, 0.1) is 24.7 Å².